The van der Waals surface area contributed by atoms with Crippen LogP contribution < -0.4 is 5.73 Å². The topological polar surface area (TPSA) is 172 Å². The number of hydrogen-bond acceptors (Lipinski definition) is 10. The molecule has 118 valence electrons. The van der Waals surface area contributed by atoms with Crippen molar-refractivity contribution in [3.05, 3.63) is 22.8 Å². The van der Waals surface area contributed by atoms with Crippen LogP contribution in [-0.4, -0.2) is 59.7 Å². The van der Waals surface area contributed by atoms with E-state index in [4.69, 9.17) is 10.5 Å². The van der Waals surface area contributed by atoms with Gasteiger partial charge in [-0.15, -0.1) is 10.1 Å². The maximum atomic E-state index is 10.6. The van der Waals surface area contributed by atoms with E-state index in [2.05, 4.69) is 19.8 Å². The van der Waals surface area contributed by atoms with Crippen molar-refractivity contribution in [1.29, 1.82) is 0 Å². The molecule has 4 N–H and O–H groups in total. The Morgan fingerprint density at radius 2 is 2.27 bits per heavy atom. The molecule has 0 bridgehead atoms. The van der Waals surface area contributed by atoms with Crippen LogP contribution in [0.3, 0.4) is 0 Å². The molecule has 3 rings (SSSR count). The number of anilines is 1. The summed E-state index contributed by atoms with van der Waals surface area (Å²) < 4.78 is 6.75. The molecule has 2 aromatic rings. The molecule has 0 radical (unpaired) electrons. The lowest BCUT2D eigenvalue weighted by atomic mass is 10.1. The second-order valence-corrected chi connectivity index (χ2v) is 4.61. The summed E-state index contributed by atoms with van der Waals surface area (Å²) in [5, 5.41) is 28.7. The van der Waals surface area contributed by atoms with Crippen LogP contribution in [0.1, 0.15) is 6.23 Å². The SMILES string of the molecule is Nc1ncnc2c1ncn2[C@@H]1O[C@H](CO)[C@@H](O)[C@H]1O[N+](=O)[O-]. The largest absolute Gasteiger partial charge is 0.394 e. The maximum Gasteiger partial charge on any atom is 0.295 e. The molecule has 0 amide bonds. The molecule has 1 aliphatic rings. The number of aliphatic hydroxyl groups is 2. The third-order valence-electron chi connectivity index (χ3n) is 3.36. The van der Waals surface area contributed by atoms with Gasteiger partial charge >= 0.3 is 0 Å². The van der Waals surface area contributed by atoms with E-state index >= 15 is 0 Å². The van der Waals surface area contributed by atoms with E-state index in [9.17, 15) is 20.3 Å². The zero-order chi connectivity index (χ0) is 15.9. The van der Waals surface area contributed by atoms with E-state index in [-0.39, 0.29) is 17.0 Å². The van der Waals surface area contributed by atoms with E-state index < -0.39 is 36.2 Å². The van der Waals surface area contributed by atoms with Crippen molar-refractivity contribution in [3.8, 4) is 0 Å². The Morgan fingerprint density at radius 1 is 1.50 bits per heavy atom. The van der Waals surface area contributed by atoms with Crippen molar-refractivity contribution in [2.45, 2.75) is 24.5 Å². The summed E-state index contributed by atoms with van der Waals surface area (Å²) >= 11 is 0. The molecule has 3 heterocycles. The highest BCUT2D eigenvalue weighted by Gasteiger charge is 2.47. The van der Waals surface area contributed by atoms with Crippen molar-refractivity contribution in [3.63, 3.8) is 0 Å². The third kappa shape index (κ3) is 2.18. The number of aromatic nitrogens is 4. The molecule has 0 spiro atoms. The van der Waals surface area contributed by atoms with Gasteiger partial charge in [0.15, 0.2) is 23.8 Å². The smallest absolute Gasteiger partial charge is 0.295 e. The van der Waals surface area contributed by atoms with Gasteiger partial charge in [-0.2, -0.15) is 0 Å². The van der Waals surface area contributed by atoms with Crippen molar-refractivity contribution >= 4 is 17.0 Å². The molecule has 0 saturated carbocycles. The number of rotatable bonds is 4. The normalized spacial score (nSPS) is 28.1. The van der Waals surface area contributed by atoms with Crippen molar-refractivity contribution in [1.82, 2.24) is 19.5 Å². The van der Waals surface area contributed by atoms with Crippen LogP contribution in [-0.2, 0) is 9.57 Å². The summed E-state index contributed by atoms with van der Waals surface area (Å²) in [5.74, 6) is 0.132. The third-order valence-corrected chi connectivity index (χ3v) is 3.36. The molecule has 0 aliphatic carbocycles. The number of nitrogens with zero attached hydrogens (tertiary/aromatic N) is 5. The minimum atomic E-state index is -1.39. The second kappa shape index (κ2) is 5.32. The van der Waals surface area contributed by atoms with Crippen LogP contribution >= 0.6 is 0 Å². The Balaban J connectivity index is 2.03. The monoisotopic (exact) mass is 312 g/mol. The van der Waals surface area contributed by atoms with Gasteiger partial charge in [0, 0.05) is 0 Å². The van der Waals surface area contributed by atoms with Gasteiger partial charge in [-0.25, -0.2) is 15.0 Å². The summed E-state index contributed by atoms with van der Waals surface area (Å²) in [5.41, 5.74) is 6.22. The van der Waals surface area contributed by atoms with E-state index in [1.54, 1.807) is 0 Å². The molecular weight excluding hydrogens is 300 g/mol. The Kier molecular flexibility index (Phi) is 3.48. The lowest BCUT2D eigenvalue weighted by Crippen LogP contribution is -2.36. The van der Waals surface area contributed by atoms with Gasteiger partial charge in [0.2, 0.25) is 0 Å². The van der Waals surface area contributed by atoms with Crippen LogP contribution in [0.2, 0.25) is 0 Å². The zero-order valence-electron chi connectivity index (χ0n) is 11.0. The fraction of sp³-hybridized carbons (Fsp3) is 0.500. The van der Waals surface area contributed by atoms with Crippen molar-refractivity contribution < 1.29 is 24.9 Å². The molecule has 4 atom stereocenters. The average Bonchev–Trinajstić information content (AvgIpc) is 3.02. The predicted molar refractivity (Wildman–Crippen MR) is 68.6 cm³/mol. The van der Waals surface area contributed by atoms with Crippen LogP contribution in [0.5, 0.6) is 0 Å². The van der Waals surface area contributed by atoms with E-state index in [1.165, 1.54) is 17.2 Å². The van der Waals surface area contributed by atoms with Gasteiger partial charge < -0.3 is 25.5 Å². The zero-order valence-corrected chi connectivity index (χ0v) is 11.0. The first-order valence-electron chi connectivity index (χ1n) is 6.21. The molecule has 2 aromatic heterocycles. The maximum absolute atomic E-state index is 10.6. The Morgan fingerprint density at radius 3 is 2.95 bits per heavy atom. The van der Waals surface area contributed by atoms with E-state index in [0.29, 0.717) is 0 Å². The predicted octanol–water partition coefficient (Wildman–Crippen LogP) is -1.76. The first-order valence-corrected chi connectivity index (χ1v) is 6.21. The van der Waals surface area contributed by atoms with Crippen LogP contribution in [0.25, 0.3) is 11.2 Å². The van der Waals surface area contributed by atoms with Gasteiger partial charge in [0.05, 0.1) is 12.9 Å². The average molecular weight is 312 g/mol. The lowest BCUT2D eigenvalue weighted by Gasteiger charge is -2.19. The number of nitrogen functional groups attached to an aromatic ring is 1. The number of hydrogen-bond donors (Lipinski definition) is 3. The van der Waals surface area contributed by atoms with Gasteiger partial charge in [-0.05, 0) is 0 Å². The molecule has 12 heteroatoms. The number of ether oxygens (including phenoxy) is 1. The highest BCUT2D eigenvalue weighted by molar-refractivity contribution is 5.81. The fourth-order valence-corrected chi connectivity index (χ4v) is 2.36. The molecule has 0 aromatic carbocycles. The summed E-state index contributed by atoms with van der Waals surface area (Å²) in [6.45, 7) is -0.529. The van der Waals surface area contributed by atoms with Gasteiger partial charge in [-0.3, -0.25) is 4.57 Å². The Bertz CT molecular complexity index is 706. The first kappa shape index (κ1) is 14.4. The standard InChI is InChI=1S/C10H12N6O6/c11-8-5-9(13-2-12-8)15(3-14-5)10-7(22-16(19)20)6(18)4(1-17)21-10/h2-4,6-7,10,17-18H,1H2,(H2,11,12,13)/t4-,6-,7-,10-/m1/s1. The summed E-state index contributed by atoms with van der Waals surface area (Å²) in [4.78, 5) is 26.9. The molecular formula is C10H12N6O6. The summed E-state index contributed by atoms with van der Waals surface area (Å²) in [7, 11) is 0. The summed E-state index contributed by atoms with van der Waals surface area (Å²) in [6, 6.07) is 0. The molecule has 1 fully saturated rings. The van der Waals surface area contributed by atoms with E-state index in [0.717, 1.165) is 0 Å². The van der Waals surface area contributed by atoms with Gasteiger partial charge in [0.1, 0.15) is 24.1 Å². The molecule has 12 nitrogen and oxygen atoms in total. The van der Waals surface area contributed by atoms with Crippen molar-refractivity contribution in [2.75, 3.05) is 12.3 Å². The number of imidazole rings is 1. The molecule has 22 heavy (non-hydrogen) atoms. The van der Waals surface area contributed by atoms with Crippen LogP contribution in [0, 0.1) is 10.1 Å². The van der Waals surface area contributed by atoms with Crippen molar-refractivity contribution in [2.24, 2.45) is 0 Å². The van der Waals surface area contributed by atoms with Gasteiger partial charge in [0.25, 0.3) is 5.09 Å². The van der Waals surface area contributed by atoms with E-state index in [1.807, 2.05) is 0 Å². The number of aliphatic hydroxyl groups excluding tert-OH is 2. The minimum Gasteiger partial charge on any atom is -0.394 e. The van der Waals surface area contributed by atoms with Gasteiger partial charge in [-0.1, -0.05) is 0 Å². The molecule has 1 aliphatic heterocycles. The first-order chi connectivity index (χ1) is 10.5. The summed E-state index contributed by atoms with van der Waals surface area (Å²) in [6.07, 6.45) is -2.38. The number of nitrogens with two attached hydrogens (primary N) is 1. The Labute approximate surface area is 122 Å². The Hall–Kier alpha value is -2.57. The number of fused-ring (bicyclic) bond motifs is 1. The van der Waals surface area contributed by atoms with Crippen LogP contribution in [0.15, 0.2) is 12.7 Å². The fourth-order valence-electron chi connectivity index (χ4n) is 2.36. The molecule has 1 saturated heterocycles. The highest BCUT2D eigenvalue weighted by atomic mass is 17.0. The molecule has 0 unspecified atom stereocenters. The quantitative estimate of drug-likeness (QED) is 0.433. The lowest BCUT2D eigenvalue weighted by molar-refractivity contribution is -0.772. The highest BCUT2D eigenvalue weighted by Crippen LogP contribution is 2.33. The minimum absolute atomic E-state index is 0.132. The van der Waals surface area contributed by atoms with Crippen LogP contribution in [0.4, 0.5) is 5.82 Å². The second-order valence-electron chi connectivity index (χ2n) is 4.61.